The lowest BCUT2D eigenvalue weighted by atomic mass is 9.94. The zero-order valence-electron chi connectivity index (χ0n) is 15.3. The zero-order valence-corrected chi connectivity index (χ0v) is 15.3. The molecule has 2 rings (SSSR count). The highest BCUT2D eigenvalue weighted by atomic mass is 19.1. The summed E-state index contributed by atoms with van der Waals surface area (Å²) in [5, 5.41) is 0. The topological polar surface area (TPSA) is 55.8 Å². The van der Waals surface area contributed by atoms with Gasteiger partial charge in [0, 0.05) is 12.1 Å². The van der Waals surface area contributed by atoms with Crippen molar-refractivity contribution in [3.05, 3.63) is 35.1 Å². The van der Waals surface area contributed by atoms with Crippen LogP contribution in [0.5, 0.6) is 0 Å². The quantitative estimate of drug-likeness (QED) is 0.772. The fraction of sp³-hybridized carbons (Fsp3) is 0.579. The third kappa shape index (κ3) is 5.18. The van der Waals surface area contributed by atoms with Crippen molar-refractivity contribution in [2.24, 2.45) is 0 Å². The predicted octanol–water partition coefficient (Wildman–Crippen LogP) is 4.00. The van der Waals surface area contributed by atoms with Crippen molar-refractivity contribution in [3.63, 3.8) is 0 Å². The number of rotatable bonds is 3. The molecule has 0 spiro atoms. The molecule has 1 aromatic carbocycles. The lowest BCUT2D eigenvalue weighted by Gasteiger charge is -2.37. The van der Waals surface area contributed by atoms with Crippen molar-refractivity contribution in [2.45, 2.75) is 58.1 Å². The number of hydrogen-bond acceptors (Lipinski definition) is 4. The summed E-state index contributed by atoms with van der Waals surface area (Å²) >= 11 is 0. The van der Waals surface area contributed by atoms with Crippen molar-refractivity contribution in [2.75, 3.05) is 13.7 Å². The van der Waals surface area contributed by atoms with E-state index >= 15 is 0 Å². The SMILES string of the molecule is COC(=O)Cc1ccc(C2CCCCN2C(=O)OC(C)(C)C)c(F)c1. The number of carbonyl (C=O) groups is 2. The molecule has 0 aromatic heterocycles. The van der Waals surface area contributed by atoms with Gasteiger partial charge in [0.1, 0.15) is 11.4 Å². The van der Waals surface area contributed by atoms with Crippen LogP contribution in [0.4, 0.5) is 9.18 Å². The maximum atomic E-state index is 14.6. The van der Waals surface area contributed by atoms with Gasteiger partial charge in [-0.25, -0.2) is 9.18 Å². The Balaban J connectivity index is 2.22. The molecule has 1 aliphatic heterocycles. The normalized spacial score (nSPS) is 18.0. The molecule has 1 heterocycles. The number of halogens is 1. The maximum Gasteiger partial charge on any atom is 0.410 e. The van der Waals surface area contributed by atoms with Crippen LogP contribution >= 0.6 is 0 Å². The van der Waals surface area contributed by atoms with E-state index in [0.717, 1.165) is 12.8 Å². The van der Waals surface area contributed by atoms with Crippen LogP contribution in [0.1, 0.15) is 57.2 Å². The van der Waals surface area contributed by atoms with Gasteiger partial charge in [-0.15, -0.1) is 0 Å². The second kappa shape index (κ2) is 7.85. The van der Waals surface area contributed by atoms with E-state index in [0.29, 0.717) is 24.1 Å². The molecule has 5 nitrogen and oxygen atoms in total. The highest BCUT2D eigenvalue weighted by Crippen LogP contribution is 2.34. The van der Waals surface area contributed by atoms with Crippen LogP contribution in [0, 0.1) is 5.82 Å². The molecule has 25 heavy (non-hydrogen) atoms. The van der Waals surface area contributed by atoms with Crippen molar-refractivity contribution in [1.82, 2.24) is 4.90 Å². The first-order chi connectivity index (χ1) is 11.7. The Morgan fingerprint density at radius 3 is 2.60 bits per heavy atom. The number of amides is 1. The number of ether oxygens (including phenoxy) is 2. The third-order valence-electron chi connectivity index (χ3n) is 4.13. The molecule has 1 amide bonds. The van der Waals surface area contributed by atoms with Crippen molar-refractivity contribution < 1.29 is 23.5 Å². The second-order valence-electron chi connectivity index (χ2n) is 7.29. The molecule has 0 saturated carbocycles. The average Bonchev–Trinajstić information content (AvgIpc) is 2.53. The first-order valence-electron chi connectivity index (χ1n) is 8.56. The number of likely N-dealkylation sites (tertiary alicyclic amines) is 1. The highest BCUT2D eigenvalue weighted by molar-refractivity contribution is 5.72. The van der Waals surface area contributed by atoms with E-state index in [1.807, 2.05) is 20.8 Å². The number of benzene rings is 1. The summed E-state index contributed by atoms with van der Waals surface area (Å²) in [5.74, 6) is -0.831. The van der Waals surface area contributed by atoms with Crippen LogP contribution in [-0.4, -0.2) is 36.2 Å². The summed E-state index contributed by atoms with van der Waals surface area (Å²) in [5.41, 5.74) is 0.411. The minimum atomic E-state index is -0.595. The Hall–Kier alpha value is -2.11. The van der Waals surface area contributed by atoms with E-state index in [9.17, 15) is 14.0 Å². The number of nitrogens with zero attached hydrogens (tertiary/aromatic N) is 1. The average molecular weight is 351 g/mol. The number of esters is 1. The molecule has 1 aliphatic rings. The minimum absolute atomic E-state index is 0.0220. The molecule has 1 atom stereocenters. The van der Waals surface area contributed by atoms with Gasteiger partial charge in [-0.3, -0.25) is 4.79 Å². The monoisotopic (exact) mass is 351 g/mol. The molecule has 0 N–H and O–H groups in total. The largest absolute Gasteiger partial charge is 0.469 e. The van der Waals surface area contributed by atoms with Crippen LogP contribution < -0.4 is 0 Å². The summed E-state index contributed by atoms with van der Waals surface area (Å²) in [6, 6.07) is 4.35. The van der Waals surface area contributed by atoms with Gasteiger partial charge < -0.3 is 14.4 Å². The molecule has 6 heteroatoms. The molecule has 1 saturated heterocycles. The predicted molar refractivity (Wildman–Crippen MR) is 91.7 cm³/mol. The van der Waals surface area contributed by atoms with E-state index in [1.54, 1.807) is 17.0 Å². The molecule has 1 aromatic rings. The summed E-state index contributed by atoms with van der Waals surface area (Å²) in [4.78, 5) is 25.4. The highest BCUT2D eigenvalue weighted by Gasteiger charge is 2.32. The third-order valence-corrected chi connectivity index (χ3v) is 4.13. The van der Waals surface area contributed by atoms with Crippen molar-refractivity contribution in [3.8, 4) is 0 Å². The van der Waals surface area contributed by atoms with E-state index in [2.05, 4.69) is 4.74 Å². The smallest absolute Gasteiger partial charge is 0.410 e. The first-order valence-corrected chi connectivity index (χ1v) is 8.56. The van der Waals surface area contributed by atoms with Gasteiger partial charge >= 0.3 is 12.1 Å². The Morgan fingerprint density at radius 1 is 1.28 bits per heavy atom. The Morgan fingerprint density at radius 2 is 2.00 bits per heavy atom. The van der Waals surface area contributed by atoms with E-state index in [4.69, 9.17) is 4.74 Å². The van der Waals surface area contributed by atoms with Crippen LogP contribution in [0.25, 0.3) is 0 Å². The van der Waals surface area contributed by atoms with Crippen LogP contribution in [0.15, 0.2) is 18.2 Å². The van der Waals surface area contributed by atoms with E-state index in [1.165, 1.54) is 13.2 Å². The van der Waals surface area contributed by atoms with Crippen molar-refractivity contribution in [1.29, 1.82) is 0 Å². The van der Waals surface area contributed by atoms with Gasteiger partial charge in [-0.2, -0.15) is 0 Å². The van der Waals surface area contributed by atoms with Gasteiger partial charge in [0.2, 0.25) is 0 Å². The summed E-state index contributed by atoms with van der Waals surface area (Å²) in [6.45, 7) is 5.98. The van der Waals surface area contributed by atoms with E-state index < -0.39 is 23.5 Å². The molecular weight excluding hydrogens is 325 g/mol. The zero-order chi connectivity index (χ0) is 18.6. The van der Waals surface area contributed by atoms with Gasteiger partial charge in [-0.1, -0.05) is 12.1 Å². The molecule has 0 radical (unpaired) electrons. The van der Waals surface area contributed by atoms with Gasteiger partial charge in [0.05, 0.1) is 19.6 Å². The first kappa shape index (κ1) is 19.2. The maximum absolute atomic E-state index is 14.6. The van der Waals surface area contributed by atoms with Gasteiger partial charge in [0.15, 0.2) is 0 Å². The molecule has 1 unspecified atom stereocenters. The minimum Gasteiger partial charge on any atom is -0.469 e. The summed E-state index contributed by atoms with van der Waals surface area (Å²) < 4.78 is 24.7. The molecular formula is C19H26FNO4. The fourth-order valence-corrected chi connectivity index (χ4v) is 2.98. The summed E-state index contributed by atoms with van der Waals surface area (Å²) in [6.07, 6.45) is 2.08. The Labute approximate surface area is 148 Å². The van der Waals surface area contributed by atoms with E-state index in [-0.39, 0.29) is 12.5 Å². The fourth-order valence-electron chi connectivity index (χ4n) is 2.98. The standard InChI is InChI=1S/C19H26FNO4/c1-19(2,3)25-18(23)21-10-6-5-7-16(21)14-9-8-13(11-15(14)20)12-17(22)24-4/h8-9,11,16H,5-7,10,12H2,1-4H3. The number of hydrogen-bond donors (Lipinski definition) is 0. The summed E-state index contributed by atoms with van der Waals surface area (Å²) in [7, 11) is 1.30. The number of piperidine rings is 1. The van der Waals surface area contributed by atoms with Gasteiger partial charge in [0.25, 0.3) is 0 Å². The lowest BCUT2D eigenvalue weighted by Crippen LogP contribution is -2.42. The van der Waals surface area contributed by atoms with Gasteiger partial charge in [-0.05, 0) is 51.7 Å². The molecule has 138 valence electrons. The Bertz CT molecular complexity index is 639. The molecule has 0 bridgehead atoms. The molecule has 0 aliphatic carbocycles. The molecule has 1 fully saturated rings. The van der Waals surface area contributed by atoms with Crippen LogP contribution in [0.2, 0.25) is 0 Å². The second-order valence-corrected chi connectivity index (χ2v) is 7.29. The van der Waals surface area contributed by atoms with Crippen molar-refractivity contribution >= 4 is 12.1 Å². The lowest BCUT2D eigenvalue weighted by molar-refractivity contribution is -0.139. The van der Waals surface area contributed by atoms with Crippen LogP contribution in [-0.2, 0) is 20.7 Å². The van der Waals surface area contributed by atoms with Crippen LogP contribution in [0.3, 0.4) is 0 Å². The number of methoxy groups -OCH3 is 1. The Kier molecular flexibility index (Phi) is 6.03. The number of carbonyl (C=O) groups excluding carboxylic acids is 2.